The maximum absolute atomic E-state index is 13.7. The molecule has 5 heteroatoms. The van der Waals surface area contributed by atoms with Crippen LogP contribution in [0.3, 0.4) is 0 Å². The molecule has 0 spiro atoms. The standard InChI is InChI=1S/C19H17FN2O2/c1-4-22-17-6-5-13(10-16(17)19(2,3)24-18(22)23)14-7-12(11-21)8-15(20)9-14/h5-10H,4H2,1-3H3. The molecule has 1 aliphatic rings. The van der Waals surface area contributed by atoms with Crippen molar-refractivity contribution in [1.29, 1.82) is 5.26 Å². The molecule has 3 rings (SSSR count). The summed E-state index contributed by atoms with van der Waals surface area (Å²) in [5.41, 5.74) is 2.52. The molecule has 0 saturated heterocycles. The average Bonchev–Trinajstić information content (AvgIpc) is 2.53. The highest BCUT2D eigenvalue weighted by Gasteiger charge is 2.37. The Morgan fingerprint density at radius 2 is 1.96 bits per heavy atom. The van der Waals surface area contributed by atoms with Gasteiger partial charge in [0.1, 0.15) is 11.4 Å². The van der Waals surface area contributed by atoms with Crippen molar-refractivity contribution in [2.75, 3.05) is 11.4 Å². The van der Waals surface area contributed by atoms with Gasteiger partial charge < -0.3 is 4.74 Å². The molecule has 0 bridgehead atoms. The first-order valence-corrected chi connectivity index (χ1v) is 7.72. The van der Waals surface area contributed by atoms with Gasteiger partial charge in [-0.25, -0.2) is 9.18 Å². The van der Waals surface area contributed by atoms with E-state index in [0.717, 1.165) is 16.8 Å². The van der Waals surface area contributed by atoms with Crippen molar-refractivity contribution in [3.05, 3.63) is 53.3 Å². The first-order chi connectivity index (χ1) is 11.4. The Balaban J connectivity index is 2.17. The van der Waals surface area contributed by atoms with E-state index in [0.29, 0.717) is 12.1 Å². The van der Waals surface area contributed by atoms with Crippen LogP contribution in [0.5, 0.6) is 0 Å². The van der Waals surface area contributed by atoms with E-state index < -0.39 is 11.4 Å². The van der Waals surface area contributed by atoms with E-state index in [4.69, 9.17) is 10.00 Å². The Kier molecular flexibility index (Phi) is 3.76. The summed E-state index contributed by atoms with van der Waals surface area (Å²) < 4.78 is 19.3. The van der Waals surface area contributed by atoms with E-state index >= 15 is 0 Å². The second-order valence-electron chi connectivity index (χ2n) is 6.19. The van der Waals surface area contributed by atoms with E-state index in [2.05, 4.69) is 0 Å². The van der Waals surface area contributed by atoms with E-state index in [1.165, 1.54) is 12.1 Å². The number of amides is 1. The SMILES string of the molecule is CCN1C(=O)OC(C)(C)c2cc(-c3cc(F)cc(C#N)c3)ccc21. The highest BCUT2D eigenvalue weighted by molar-refractivity contribution is 5.92. The third-order valence-electron chi connectivity index (χ3n) is 4.18. The maximum atomic E-state index is 13.7. The molecule has 1 heterocycles. The van der Waals surface area contributed by atoms with Crippen LogP contribution in [0.1, 0.15) is 31.9 Å². The molecule has 0 aromatic heterocycles. The van der Waals surface area contributed by atoms with E-state index in [-0.39, 0.29) is 11.7 Å². The Labute approximate surface area is 140 Å². The molecule has 0 radical (unpaired) electrons. The summed E-state index contributed by atoms with van der Waals surface area (Å²) in [6.45, 7) is 6.03. The molecule has 0 fully saturated rings. The normalized spacial score (nSPS) is 15.5. The number of nitrogens with zero attached hydrogens (tertiary/aromatic N) is 2. The third-order valence-corrected chi connectivity index (χ3v) is 4.18. The van der Waals surface area contributed by atoms with Gasteiger partial charge in [0, 0.05) is 12.1 Å². The number of rotatable bonds is 2. The van der Waals surface area contributed by atoms with Crippen LogP contribution in [-0.2, 0) is 10.3 Å². The molecule has 122 valence electrons. The number of nitriles is 1. The number of halogens is 1. The Morgan fingerprint density at radius 1 is 1.21 bits per heavy atom. The van der Waals surface area contributed by atoms with Gasteiger partial charge in [-0.15, -0.1) is 0 Å². The molecule has 0 N–H and O–H groups in total. The van der Waals surface area contributed by atoms with Gasteiger partial charge in [0.25, 0.3) is 0 Å². The highest BCUT2D eigenvalue weighted by atomic mass is 19.1. The van der Waals surface area contributed by atoms with Crippen molar-refractivity contribution in [2.45, 2.75) is 26.4 Å². The number of hydrogen-bond donors (Lipinski definition) is 0. The third kappa shape index (κ3) is 2.61. The van der Waals surface area contributed by atoms with Gasteiger partial charge in [-0.3, -0.25) is 4.90 Å². The molecule has 1 aliphatic heterocycles. The number of ether oxygens (including phenoxy) is 1. The number of carbonyl (C=O) groups excluding carboxylic acids is 1. The van der Waals surface area contributed by atoms with Gasteiger partial charge in [-0.1, -0.05) is 6.07 Å². The number of carbonyl (C=O) groups is 1. The summed E-state index contributed by atoms with van der Waals surface area (Å²) >= 11 is 0. The minimum absolute atomic E-state index is 0.267. The predicted molar refractivity (Wildman–Crippen MR) is 89.1 cm³/mol. The van der Waals surface area contributed by atoms with Crippen molar-refractivity contribution in [3.8, 4) is 17.2 Å². The molecule has 0 atom stereocenters. The number of fused-ring (bicyclic) bond motifs is 1. The van der Waals surface area contributed by atoms with Gasteiger partial charge in [0.05, 0.1) is 17.3 Å². The molecule has 1 amide bonds. The minimum Gasteiger partial charge on any atom is -0.438 e. The van der Waals surface area contributed by atoms with Crippen LogP contribution in [0.4, 0.5) is 14.9 Å². The lowest BCUT2D eigenvalue weighted by Crippen LogP contribution is -2.43. The molecule has 24 heavy (non-hydrogen) atoms. The topological polar surface area (TPSA) is 53.3 Å². The molecule has 4 nitrogen and oxygen atoms in total. The lowest BCUT2D eigenvalue weighted by Gasteiger charge is -2.38. The molecular weight excluding hydrogens is 307 g/mol. The zero-order valence-electron chi connectivity index (χ0n) is 13.8. The number of hydrogen-bond acceptors (Lipinski definition) is 3. The molecule has 2 aromatic rings. The molecule has 0 unspecified atom stereocenters. The highest BCUT2D eigenvalue weighted by Crippen LogP contribution is 2.40. The van der Waals surface area contributed by atoms with Crippen LogP contribution < -0.4 is 4.90 Å². The van der Waals surface area contributed by atoms with Gasteiger partial charge >= 0.3 is 6.09 Å². The van der Waals surface area contributed by atoms with E-state index in [1.807, 2.05) is 45.0 Å². The van der Waals surface area contributed by atoms with Crippen LogP contribution in [0.15, 0.2) is 36.4 Å². The van der Waals surface area contributed by atoms with Crippen LogP contribution in [-0.4, -0.2) is 12.6 Å². The van der Waals surface area contributed by atoms with Crippen LogP contribution in [0.25, 0.3) is 11.1 Å². The number of benzene rings is 2. The molecule has 0 saturated carbocycles. The first-order valence-electron chi connectivity index (χ1n) is 7.72. The Bertz CT molecular complexity index is 868. The zero-order valence-corrected chi connectivity index (χ0v) is 13.8. The summed E-state index contributed by atoms with van der Waals surface area (Å²) in [4.78, 5) is 13.7. The lowest BCUT2D eigenvalue weighted by molar-refractivity contribution is 0.0353. The van der Waals surface area contributed by atoms with Crippen molar-refractivity contribution in [3.63, 3.8) is 0 Å². The van der Waals surface area contributed by atoms with Crippen LogP contribution >= 0.6 is 0 Å². The van der Waals surface area contributed by atoms with Crippen molar-refractivity contribution >= 4 is 11.8 Å². The fourth-order valence-corrected chi connectivity index (χ4v) is 2.98. The number of cyclic esters (lactones) is 1. The monoisotopic (exact) mass is 324 g/mol. The smallest absolute Gasteiger partial charge is 0.415 e. The van der Waals surface area contributed by atoms with E-state index in [9.17, 15) is 9.18 Å². The summed E-state index contributed by atoms with van der Waals surface area (Å²) in [5.74, 6) is -0.456. The Morgan fingerprint density at radius 3 is 2.62 bits per heavy atom. The second kappa shape index (κ2) is 5.64. The molecular formula is C19H17FN2O2. The van der Waals surface area contributed by atoms with Crippen LogP contribution in [0.2, 0.25) is 0 Å². The van der Waals surface area contributed by atoms with Gasteiger partial charge in [-0.05, 0) is 62.2 Å². The van der Waals surface area contributed by atoms with E-state index in [1.54, 1.807) is 11.0 Å². The lowest BCUT2D eigenvalue weighted by atomic mass is 9.90. The van der Waals surface area contributed by atoms with Crippen molar-refractivity contribution in [2.24, 2.45) is 0 Å². The second-order valence-corrected chi connectivity index (χ2v) is 6.19. The van der Waals surface area contributed by atoms with Crippen molar-refractivity contribution in [1.82, 2.24) is 0 Å². The van der Waals surface area contributed by atoms with Crippen molar-refractivity contribution < 1.29 is 13.9 Å². The van der Waals surface area contributed by atoms with Gasteiger partial charge in [0.15, 0.2) is 0 Å². The molecule has 2 aromatic carbocycles. The summed E-state index contributed by atoms with van der Waals surface area (Å²) in [6, 6.07) is 11.8. The minimum atomic E-state index is -0.778. The summed E-state index contributed by atoms with van der Waals surface area (Å²) in [6.07, 6.45) is -0.375. The zero-order chi connectivity index (χ0) is 17.5. The quantitative estimate of drug-likeness (QED) is 0.812. The maximum Gasteiger partial charge on any atom is 0.415 e. The summed E-state index contributed by atoms with van der Waals surface area (Å²) in [5, 5.41) is 9.02. The van der Waals surface area contributed by atoms with Gasteiger partial charge in [-0.2, -0.15) is 5.26 Å². The first kappa shape index (κ1) is 16.0. The molecule has 0 aliphatic carbocycles. The number of anilines is 1. The largest absolute Gasteiger partial charge is 0.438 e. The fraction of sp³-hybridized carbons (Fsp3) is 0.263. The predicted octanol–water partition coefficient (Wildman–Crippen LogP) is 4.58. The fourth-order valence-electron chi connectivity index (χ4n) is 2.98. The van der Waals surface area contributed by atoms with Crippen LogP contribution in [0, 0.1) is 17.1 Å². The summed E-state index contributed by atoms with van der Waals surface area (Å²) in [7, 11) is 0. The van der Waals surface area contributed by atoms with Gasteiger partial charge in [0.2, 0.25) is 0 Å². The average molecular weight is 324 g/mol. The Hall–Kier alpha value is -2.87.